The van der Waals surface area contributed by atoms with Crippen LogP contribution in [0.15, 0.2) is 210 Å². The van der Waals surface area contributed by atoms with E-state index in [4.69, 9.17) is 29.9 Å². The molecular formula is C55H36N6S. The molecule has 0 radical (unpaired) electrons. The highest BCUT2D eigenvalue weighted by Crippen LogP contribution is 2.66. The maximum atomic E-state index is 5.29. The molecule has 9 aromatic rings. The summed E-state index contributed by atoms with van der Waals surface area (Å²) >= 11 is 1.84. The van der Waals surface area contributed by atoms with Crippen molar-refractivity contribution in [3.63, 3.8) is 0 Å². The second kappa shape index (κ2) is 14.8. The van der Waals surface area contributed by atoms with Crippen LogP contribution in [0.4, 0.5) is 0 Å². The largest absolute Gasteiger partial charge is 0.255 e. The first kappa shape index (κ1) is 36.3. The third-order valence-electron chi connectivity index (χ3n) is 12.2. The minimum absolute atomic E-state index is 0.594. The molecule has 0 bridgehead atoms. The van der Waals surface area contributed by atoms with Crippen LogP contribution in [0.1, 0.15) is 35.1 Å². The predicted molar refractivity (Wildman–Crippen MR) is 249 cm³/mol. The van der Waals surface area contributed by atoms with Crippen LogP contribution in [0.3, 0.4) is 0 Å². The van der Waals surface area contributed by atoms with Gasteiger partial charge in [0.2, 0.25) is 0 Å². The molecule has 0 fully saturated rings. The van der Waals surface area contributed by atoms with Gasteiger partial charge in [0.25, 0.3) is 0 Å². The monoisotopic (exact) mass is 812 g/mol. The quantitative estimate of drug-likeness (QED) is 0.165. The van der Waals surface area contributed by atoms with Gasteiger partial charge in [-0.1, -0.05) is 157 Å². The van der Waals surface area contributed by atoms with E-state index in [0.29, 0.717) is 17.5 Å². The summed E-state index contributed by atoms with van der Waals surface area (Å²) in [7, 11) is 0. The summed E-state index contributed by atoms with van der Waals surface area (Å²) in [6.07, 6.45) is 7.91. The van der Waals surface area contributed by atoms with Gasteiger partial charge in [0, 0.05) is 38.9 Å². The van der Waals surface area contributed by atoms with Gasteiger partial charge in [-0.15, -0.1) is 0 Å². The maximum absolute atomic E-state index is 5.29. The molecular weight excluding hydrogens is 777 g/mol. The number of allylic oxidation sites excluding steroid dienone is 3. The van der Waals surface area contributed by atoms with Crippen LogP contribution >= 0.6 is 11.8 Å². The van der Waals surface area contributed by atoms with E-state index in [1.54, 1.807) is 0 Å². The Morgan fingerprint density at radius 2 is 0.935 bits per heavy atom. The first-order valence-corrected chi connectivity index (χ1v) is 21.7. The maximum Gasteiger partial charge on any atom is 0.165 e. The molecule has 0 saturated heterocycles. The second-order valence-electron chi connectivity index (χ2n) is 15.7. The van der Waals surface area contributed by atoms with Gasteiger partial charge in [0.05, 0.1) is 28.2 Å². The number of thioether (sulfide) groups is 1. The zero-order valence-corrected chi connectivity index (χ0v) is 34.3. The van der Waals surface area contributed by atoms with Crippen molar-refractivity contribution >= 4 is 17.3 Å². The molecule has 292 valence electrons. The van der Waals surface area contributed by atoms with Crippen molar-refractivity contribution < 1.29 is 0 Å². The van der Waals surface area contributed by atoms with E-state index >= 15 is 0 Å². The van der Waals surface area contributed by atoms with E-state index in [2.05, 4.69) is 109 Å². The molecule has 1 aliphatic heterocycles. The molecule has 5 aromatic carbocycles. The lowest BCUT2D eigenvalue weighted by Crippen LogP contribution is -2.34. The van der Waals surface area contributed by atoms with Crippen molar-refractivity contribution in [1.82, 2.24) is 29.9 Å². The minimum Gasteiger partial charge on any atom is -0.255 e. The highest BCUT2D eigenvalue weighted by molar-refractivity contribution is 8.03. The van der Waals surface area contributed by atoms with Gasteiger partial charge in [-0.2, -0.15) is 0 Å². The van der Waals surface area contributed by atoms with Crippen molar-refractivity contribution in [2.45, 2.75) is 23.2 Å². The number of hydrogen-bond donors (Lipinski definition) is 0. The van der Waals surface area contributed by atoms with E-state index in [1.807, 2.05) is 97.0 Å². The Labute approximate surface area is 363 Å². The standard InChI is InChI=1S/C55H36N6S/c1-3-17-35(18-4-1)52-59-53(36-19-5-2-6-20-36)61-54(60-52)41-24-16-28-45-51(41)62-50-38(37-33-48(46-29-11-13-31-56-46)58-49(34-37)47-30-12-14-32-57-47)23-15-27-44(50)55(45)42-25-9-7-21-39(42)40-22-8-10-26-43(40)55/h1-14,16-22,24-34H,15,23H2. The van der Waals surface area contributed by atoms with E-state index in [-0.39, 0.29) is 0 Å². The van der Waals surface area contributed by atoms with Crippen LogP contribution in [0.5, 0.6) is 0 Å². The Morgan fingerprint density at radius 3 is 1.52 bits per heavy atom. The highest BCUT2D eigenvalue weighted by Gasteiger charge is 2.53. The lowest BCUT2D eigenvalue weighted by Gasteiger charge is -2.44. The van der Waals surface area contributed by atoms with Crippen molar-refractivity contribution in [1.29, 1.82) is 0 Å². The molecule has 7 heteroatoms. The molecule has 2 aliphatic carbocycles. The summed E-state index contributed by atoms with van der Waals surface area (Å²) < 4.78 is 0. The van der Waals surface area contributed by atoms with Crippen molar-refractivity contribution in [3.05, 3.63) is 227 Å². The van der Waals surface area contributed by atoms with Crippen LogP contribution < -0.4 is 0 Å². The van der Waals surface area contributed by atoms with Gasteiger partial charge in [-0.25, -0.2) is 19.9 Å². The van der Waals surface area contributed by atoms with Gasteiger partial charge in [-0.3, -0.25) is 9.97 Å². The fraction of sp³-hybridized carbons (Fsp3) is 0.0545. The molecule has 0 N–H and O–H groups in total. The number of pyridine rings is 3. The number of fused-ring (bicyclic) bond motifs is 9. The molecule has 0 amide bonds. The summed E-state index contributed by atoms with van der Waals surface area (Å²) in [6.45, 7) is 0. The fourth-order valence-corrected chi connectivity index (χ4v) is 11.0. The lowest BCUT2D eigenvalue weighted by atomic mass is 9.64. The van der Waals surface area contributed by atoms with E-state index in [0.717, 1.165) is 62.8 Å². The SMILES string of the molecule is C1=C2C(=C(c3cc(-c4ccccn4)nc(-c4ccccn4)c3)CC1)Sc1c(-c3nc(-c4ccccc4)nc(-c4ccccc4)n3)cccc1C21c2ccccc2-c2ccccc21. The molecule has 0 saturated carbocycles. The number of benzene rings is 5. The van der Waals surface area contributed by atoms with Gasteiger partial charge in [0.15, 0.2) is 17.5 Å². The summed E-state index contributed by atoms with van der Waals surface area (Å²) in [6, 6.07) is 61.5. The third kappa shape index (κ3) is 5.80. The molecule has 0 atom stereocenters. The number of aromatic nitrogens is 6. The Hall–Kier alpha value is -7.61. The zero-order valence-electron chi connectivity index (χ0n) is 33.5. The lowest BCUT2D eigenvalue weighted by molar-refractivity contribution is 0.726. The average Bonchev–Trinajstić information content (AvgIpc) is 3.65. The topological polar surface area (TPSA) is 77.3 Å². The van der Waals surface area contributed by atoms with Gasteiger partial charge in [0.1, 0.15) is 0 Å². The van der Waals surface area contributed by atoms with E-state index in [1.165, 1.54) is 43.9 Å². The summed E-state index contributed by atoms with van der Waals surface area (Å²) in [5.74, 6) is 1.91. The van der Waals surface area contributed by atoms with Crippen LogP contribution in [-0.2, 0) is 5.41 Å². The smallest absolute Gasteiger partial charge is 0.165 e. The molecule has 6 nitrogen and oxygen atoms in total. The molecule has 12 rings (SSSR count). The Balaban J connectivity index is 1.16. The molecule has 62 heavy (non-hydrogen) atoms. The fourth-order valence-electron chi connectivity index (χ4n) is 9.55. The van der Waals surface area contributed by atoms with E-state index in [9.17, 15) is 0 Å². The van der Waals surface area contributed by atoms with E-state index < -0.39 is 5.41 Å². The normalized spacial score (nSPS) is 14.4. The zero-order chi connectivity index (χ0) is 41.0. The minimum atomic E-state index is -0.594. The highest BCUT2D eigenvalue weighted by atomic mass is 32.2. The third-order valence-corrected chi connectivity index (χ3v) is 13.5. The summed E-state index contributed by atoms with van der Waals surface area (Å²) in [4.78, 5) is 32.7. The summed E-state index contributed by atoms with van der Waals surface area (Å²) in [5.41, 5.74) is 15.5. The second-order valence-corrected chi connectivity index (χ2v) is 16.7. The van der Waals surface area contributed by atoms with Crippen molar-refractivity contribution in [2.24, 2.45) is 0 Å². The first-order chi connectivity index (χ1) is 30.7. The average molecular weight is 813 g/mol. The molecule has 5 heterocycles. The van der Waals surface area contributed by atoms with Crippen molar-refractivity contribution in [2.75, 3.05) is 0 Å². The van der Waals surface area contributed by atoms with Crippen LogP contribution in [0, 0.1) is 0 Å². The first-order valence-electron chi connectivity index (χ1n) is 20.9. The Kier molecular flexibility index (Phi) is 8.68. The van der Waals surface area contributed by atoms with Crippen molar-refractivity contribution in [3.8, 4) is 68.1 Å². The Bertz CT molecular complexity index is 3100. The number of rotatable bonds is 6. The van der Waals surface area contributed by atoms with Gasteiger partial charge in [-0.05, 0) is 93.8 Å². The van der Waals surface area contributed by atoms with Crippen LogP contribution in [0.2, 0.25) is 0 Å². The van der Waals surface area contributed by atoms with Crippen LogP contribution in [0.25, 0.3) is 73.6 Å². The predicted octanol–water partition coefficient (Wildman–Crippen LogP) is 12.9. The molecule has 1 spiro atoms. The van der Waals surface area contributed by atoms with Gasteiger partial charge < -0.3 is 0 Å². The molecule has 4 aromatic heterocycles. The van der Waals surface area contributed by atoms with Gasteiger partial charge >= 0.3 is 0 Å². The Morgan fingerprint density at radius 1 is 0.419 bits per heavy atom. The molecule has 3 aliphatic rings. The van der Waals surface area contributed by atoms with Crippen LogP contribution in [-0.4, -0.2) is 29.9 Å². The summed E-state index contributed by atoms with van der Waals surface area (Å²) in [5, 5.41) is 0. The molecule has 0 unspecified atom stereocenters. The number of hydrogen-bond acceptors (Lipinski definition) is 7. The number of nitrogens with zero attached hydrogens (tertiary/aromatic N) is 6.